The second kappa shape index (κ2) is 8.64. The molecular weight excluding hydrogens is 428 g/mol. The molecule has 2 aromatic carbocycles. The highest BCUT2D eigenvalue weighted by molar-refractivity contribution is 7.80. The van der Waals surface area contributed by atoms with Crippen LogP contribution >= 0.6 is 23.8 Å². The van der Waals surface area contributed by atoms with Crippen LogP contribution in [0.15, 0.2) is 42.0 Å². The first kappa shape index (κ1) is 21.5. The molecule has 0 unspecified atom stereocenters. The fourth-order valence-corrected chi connectivity index (χ4v) is 3.53. The van der Waals surface area contributed by atoms with Gasteiger partial charge in [0.1, 0.15) is 11.3 Å². The van der Waals surface area contributed by atoms with Crippen molar-refractivity contribution < 1.29 is 24.2 Å². The first-order chi connectivity index (χ1) is 14.2. The molecular formula is C21H17ClN2O5S. The number of amides is 2. The average molecular weight is 445 g/mol. The minimum absolute atomic E-state index is 0.00241. The van der Waals surface area contributed by atoms with Gasteiger partial charge < -0.3 is 9.84 Å². The van der Waals surface area contributed by atoms with E-state index in [1.807, 2.05) is 19.9 Å². The molecule has 0 radical (unpaired) electrons. The third-order valence-corrected chi connectivity index (χ3v) is 4.76. The lowest BCUT2D eigenvalue weighted by atomic mass is 10.1. The van der Waals surface area contributed by atoms with Crippen LogP contribution in [0.3, 0.4) is 0 Å². The van der Waals surface area contributed by atoms with E-state index in [9.17, 15) is 14.4 Å². The van der Waals surface area contributed by atoms with E-state index in [-0.39, 0.29) is 21.5 Å². The summed E-state index contributed by atoms with van der Waals surface area (Å²) >= 11 is 11.3. The fourth-order valence-electron chi connectivity index (χ4n) is 3.00. The predicted molar refractivity (Wildman–Crippen MR) is 117 cm³/mol. The van der Waals surface area contributed by atoms with Crippen molar-refractivity contribution in [2.24, 2.45) is 0 Å². The maximum atomic E-state index is 13.1. The van der Waals surface area contributed by atoms with Gasteiger partial charge in [-0.3, -0.25) is 19.8 Å². The molecule has 2 N–H and O–H groups in total. The third kappa shape index (κ3) is 4.67. The molecule has 2 aromatic rings. The maximum Gasteiger partial charge on any atom is 0.341 e. The average Bonchev–Trinajstić information content (AvgIpc) is 2.63. The van der Waals surface area contributed by atoms with Crippen LogP contribution in [0.2, 0.25) is 5.02 Å². The Morgan fingerprint density at radius 2 is 1.87 bits per heavy atom. The number of carboxylic acid groups (broad SMARTS) is 1. The van der Waals surface area contributed by atoms with E-state index in [0.29, 0.717) is 11.3 Å². The highest BCUT2D eigenvalue weighted by atomic mass is 35.5. The summed E-state index contributed by atoms with van der Waals surface area (Å²) < 4.78 is 5.07. The van der Waals surface area contributed by atoms with Crippen molar-refractivity contribution in [2.75, 3.05) is 11.5 Å². The van der Waals surface area contributed by atoms with Crippen LogP contribution in [0.1, 0.15) is 16.7 Å². The number of hydrogen-bond acceptors (Lipinski definition) is 5. The van der Waals surface area contributed by atoms with E-state index < -0.39 is 24.4 Å². The van der Waals surface area contributed by atoms with Gasteiger partial charge in [-0.15, -0.1) is 0 Å². The highest BCUT2D eigenvalue weighted by Gasteiger charge is 2.34. The Balaban J connectivity index is 1.94. The number of ether oxygens (including phenoxy) is 1. The Hall–Kier alpha value is -3.23. The van der Waals surface area contributed by atoms with Gasteiger partial charge in [-0.05, 0) is 73.1 Å². The number of aryl methyl sites for hydroxylation is 2. The molecule has 7 nitrogen and oxygen atoms in total. The number of hydrogen-bond donors (Lipinski definition) is 2. The van der Waals surface area contributed by atoms with Gasteiger partial charge >= 0.3 is 5.97 Å². The van der Waals surface area contributed by atoms with Gasteiger partial charge in [-0.2, -0.15) is 0 Å². The molecule has 0 aromatic heterocycles. The topological polar surface area (TPSA) is 95.9 Å². The number of aliphatic carboxylic acids is 1. The summed E-state index contributed by atoms with van der Waals surface area (Å²) in [5.41, 5.74) is 2.81. The van der Waals surface area contributed by atoms with Gasteiger partial charge in [0.2, 0.25) is 0 Å². The second-order valence-corrected chi connectivity index (χ2v) is 7.47. The number of anilines is 1. The minimum Gasteiger partial charge on any atom is -0.480 e. The molecule has 1 aliphatic heterocycles. The maximum absolute atomic E-state index is 13.1. The molecule has 1 fully saturated rings. The minimum atomic E-state index is -1.14. The van der Waals surface area contributed by atoms with Crippen molar-refractivity contribution in [3.8, 4) is 5.75 Å². The van der Waals surface area contributed by atoms with Gasteiger partial charge in [-0.25, -0.2) is 4.79 Å². The second-order valence-electron chi connectivity index (χ2n) is 6.68. The largest absolute Gasteiger partial charge is 0.480 e. The van der Waals surface area contributed by atoms with Gasteiger partial charge in [-0.1, -0.05) is 23.7 Å². The molecule has 1 heterocycles. The van der Waals surface area contributed by atoms with E-state index in [1.165, 1.54) is 23.1 Å². The van der Waals surface area contributed by atoms with Gasteiger partial charge in [0.05, 0.1) is 10.7 Å². The Kier molecular flexibility index (Phi) is 6.19. The lowest BCUT2D eigenvalue weighted by molar-refractivity contribution is -0.139. The predicted octanol–water partition coefficient (Wildman–Crippen LogP) is 3.25. The van der Waals surface area contributed by atoms with E-state index in [4.69, 9.17) is 33.7 Å². The first-order valence-corrected chi connectivity index (χ1v) is 9.58. The van der Waals surface area contributed by atoms with Crippen LogP contribution in [-0.4, -0.2) is 34.6 Å². The number of nitrogens with zero attached hydrogens (tertiary/aromatic N) is 1. The van der Waals surface area contributed by atoms with E-state index in [1.54, 1.807) is 18.2 Å². The molecule has 2 amide bonds. The van der Waals surface area contributed by atoms with Crippen molar-refractivity contribution in [1.29, 1.82) is 0 Å². The Morgan fingerprint density at radius 3 is 2.47 bits per heavy atom. The zero-order chi connectivity index (χ0) is 22.0. The number of carbonyl (C=O) groups is 3. The number of carboxylic acids is 1. The Bertz CT molecular complexity index is 1090. The molecule has 3 rings (SSSR count). The Morgan fingerprint density at radius 1 is 1.20 bits per heavy atom. The van der Waals surface area contributed by atoms with Crippen molar-refractivity contribution >= 4 is 58.5 Å². The van der Waals surface area contributed by atoms with Crippen molar-refractivity contribution in [1.82, 2.24) is 5.32 Å². The number of rotatable bonds is 5. The normalized spacial score (nSPS) is 15.4. The van der Waals surface area contributed by atoms with Crippen LogP contribution in [0.25, 0.3) is 6.08 Å². The zero-order valence-electron chi connectivity index (χ0n) is 16.1. The molecule has 0 bridgehead atoms. The summed E-state index contributed by atoms with van der Waals surface area (Å²) in [6.07, 6.45) is 1.39. The summed E-state index contributed by atoms with van der Waals surface area (Å²) in [4.78, 5) is 37.4. The smallest absolute Gasteiger partial charge is 0.341 e. The van der Waals surface area contributed by atoms with Crippen molar-refractivity contribution in [3.05, 3.63) is 63.7 Å². The molecule has 1 saturated heterocycles. The number of nitrogens with one attached hydrogen (secondary N) is 1. The quantitative estimate of drug-likeness (QED) is 0.417. The summed E-state index contributed by atoms with van der Waals surface area (Å²) in [6, 6.07) is 10.1. The van der Waals surface area contributed by atoms with Crippen molar-refractivity contribution in [3.63, 3.8) is 0 Å². The lowest BCUT2D eigenvalue weighted by Crippen LogP contribution is -2.54. The van der Waals surface area contributed by atoms with Crippen LogP contribution in [-0.2, 0) is 14.4 Å². The summed E-state index contributed by atoms with van der Waals surface area (Å²) in [7, 11) is 0. The lowest BCUT2D eigenvalue weighted by Gasteiger charge is -2.29. The van der Waals surface area contributed by atoms with Crippen LogP contribution in [0.5, 0.6) is 5.75 Å². The zero-order valence-corrected chi connectivity index (χ0v) is 17.6. The number of carbonyl (C=O) groups excluding carboxylic acids is 2. The molecule has 0 aliphatic carbocycles. The molecule has 0 saturated carbocycles. The third-order valence-electron chi connectivity index (χ3n) is 4.18. The standard InChI is InChI=1S/C21H17ClN2O5S/c1-11-5-12(2)7-14(6-11)24-20(28)15(19(27)23-21(24)30)8-13-3-4-17(16(22)9-13)29-10-18(25)26/h3-9H,10H2,1-2H3,(H,25,26)(H,23,27,30). The number of halogens is 1. The van der Waals surface area contributed by atoms with Crippen molar-refractivity contribution in [2.45, 2.75) is 13.8 Å². The summed E-state index contributed by atoms with van der Waals surface area (Å²) in [5, 5.41) is 11.4. The summed E-state index contributed by atoms with van der Waals surface area (Å²) in [5.74, 6) is -2.13. The van der Waals surface area contributed by atoms with Gasteiger partial charge in [0.25, 0.3) is 11.8 Å². The number of benzene rings is 2. The molecule has 30 heavy (non-hydrogen) atoms. The van der Waals surface area contributed by atoms with E-state index in [0.717, 1.165) is 11.1 Å². The monoisotopic (exact) mass is 444 g/mol. The number of thiocarbonyl (C=S) groups is 1. The fraction of sp³-hybridized carbons (Fsp3) is 0.143. The highest BCUT2D eigenvalue weighted by Crippen LogP contribution is 2.28. The summed E-state index contributed by atoms with van der Waals surface area (Å²) in [6.45, 7) is 3.27. The van der Waals surface area contributed by atoms with E-state index >= 15 is 0 Å². The van der Waals surface area contributed by atoms with E-state index in [2.05, 4.69) is 5.32 Å². The SMILES string of the molecule is Cc1cc(C)cc(N2C(=O)C(=Cc3ccc(OCC(=O)O)c(Cl)c3)C(=O)NC2=S)c1. The molecule has 1 aliphatic rings. The molecule has 0 atom stereocenters. The van der Waals surface area contributed by atoms with Gasteiger partial charge in [0.15, 0.2) is 11.7 Å². The molecule has 0 spiro atoms. The first-order valence-electron chi connectivity index (χ1n) is 8.79. The van der Waals surface area contributed by atoms with Crippen LogP contribution < -0.4 is 15.0 Å². The Labute approximate surface area is 182 Å². The molecule has 9 heteroatoms. The van der Waals surface area contributed by atoms with Crippen LogP contribution in [0.4, 0.5) is 5.69 Å². The molecule has 154 valence electrons. The van der Waals surface area contributed by atoms with Crippen LogP contribution in [0, 0.1) is 13.8 Å². The van der Waals surface area contributed by atoms with Gasteiger partial charge in [0, 0.05) is 0 Å².